The van der Waals surface area contributed by atoms with Crippen LogP contribution in [0, 0.1) is 11.8 Å². The zero-order chi connectivity index (χ0) is 14.1. The highest BCUT2D eigenvalue weighted by Crippen LogP contribution is 2.37. The van der Waals surface area contributed by atoms with E-state index in [0.29, 0.717) is 18.4 Å². The van der Waals surface area contributed by atoms with E-state index in [9.17, 15) is 4.79 Å². The summed E-state index contributed by atoms with van der Waals surface area (Å²) in [4.78, 5) is 14.6. The van der Waals surface area contributed by atoms with Crippen molar-refractivity contribution < 1.29 is 9.53 Å². The first kappa shape index (κ1) is 13.6. The van der Waals surface area contributed by atoms with Crippen LogP contribution < -0.4 is 5.73 Å². The molecule has 1 aliphatic heterocycles. The molecular formula is C16H22N2O2. The van der Waals surface area contributed by atoms with Crippen LogP contribution in [0.15, 0.2) is 24.3 Å². The van der Waals surface area contributed by atoms with Crippen LogP contribution in [0.3, 0.4) is 0 Å². The lowest BCUT2D eigenvalue weighted by atomic mass is 9.98. The number of benzene rings is 1. The summed E-state index contributed by atoms with van der Waals surface area (Å²) in [5.41, 5.74) is 7.92. The average Bonchev–Trinajstić information content (AvgIpc) is 3.01. The van der Waals surface area contributed by atoms with E-state index < -0.39 is 0 Å². The molecule has 2 aliphatic rings. The van der Waals surface area contributed by atoms with E-state index in [2.05, 4.69) is 0 Å². The van der Waals surface area contributed by atoms with Gasteiger partial charge in [-0.3, -0.25) is 4.79 Å². The number of rotatable bonds is 3. The molecule has 1 saturated carbocycles. The highest BCUT2D eigenvalue weighted by molar-refractivity contribution is 5.94. The minimum atomic E-state index is 0.129. The van der Waals surface area contributed by atoms with Crippen LogP contribution in [0.1, 0.15) is 28.8 Å². The quantitative estimate of drug-likeness (QED) is 0.911. The standard InChI is InChI=1S/C16H22N2O2/c1-20-10-11-3-2-4-12(7-11)16(19)18-8-13-5-6-15(17)14(13)9-18/h2-4,7,13-15H,5-6,8-10,17H2,1H3. The van der Waals surface area contributed by atoms with Gasteiger partial charge in [-0.15, -0.1) is 0 Å². The molecule has 1 amide bonds. The second-order valence-corrected chi connectivity index (χ2v) is 6.01. The second kappa shape index (κ2) is 5.54. The van der Waals surface area contributed by atoms with E-state index in [-0.39, 0.29) is 11.9 Å². The number of fused-ring (bicyclic) bond motifs is 1. The highest BCUT2D eigenvalue weighted by atomic mass is 16.5. The minimum absolute atomic E-state index is 0.129. The summed E-state index contributed by atoms with van der Waals surface area (Å²) in [6.07, 6.45) is 2.28. The first-order chi connectivity index (χ1) is 9.69. The molecule has 3 unspecified atom stereocenters. The molecule has 20 heavy (non-hydrogen) atoms. The van der Waals surface area contributed by atoms with Crippen LogP contribution in [0.25, 0.3) is 0 Å². The van der Waals surface area contributed by atoms with Gasteiger partial charge in [0.1, 0.15) is 0 Å². The Bertz CT molecular complexity index is 503. The van der Waals surface area contributed by atoms with Gasteiger partial charge < -0.3 is 15.4 Å². The first-order valence-electron chi connectivity index (χ1n) is 7.32. The molecular weight excluding hydrogens is 252 g/mol. The molecule has 1 saturated heterocycles. The van der Waals surface area contributed by atoms with Gasteiger partial charge in [-0.25, -0.2) is 0 Å². The van der Waals surface area contributed by atoms with E-state index >= 15 is 0 Å². The summed E-state index contributed by atoms with van der Waals surface area (Å²) >= 11 is 0. The summed E-state index contributed by atoms with van der Waals surface area (Å²) in [5.74, 6) is 1.24. The Morgan fingerprint density at radius 2 is 2.25 bits per heavy atom. The van der Waals surface area contributed by atoms with Crippen molar-refractivity contribution >= 4 is 5.91 Å². The van der Waals surface area contributed by atoms with Gasteiger partial charge in [-0.05, 0) is 42.4 Å². The van der Waals surface area contributed by atoms with Crippen LogP contribution in [-0.4, -0.2) is 37.0 Å². The SMILES string of the molecule is COCc1cccc(C(=O)N2CC3CCC(N)C3C2)c1. The topological polar surface area (TPSA) is 55.6 Å². The van der Waals surface area contributed by atoms with Crippen LogP contribution in [0.2, 0.25) is 0 Å². The molecule has 4 nitrogen and oxygen atoms in total. The van der Waals surface area contributed by atoms with E-state index in [1.165, 1.54) is 6.42 Å². The summed E-state index contributed by atoms with van der Waals surface area (Å²) in [6, 6.07) is 7.99. The maximum Gasteiger partial charge on any atom is 0.253 e. The molecule has 2 fully saturated rings. The third-order valence-electron chi connectivity index (χ3n) is 4.68. The Balaban J connectivity index is 1.72. The minimum Gasteiger partial charge on any atom is -0.380 e. The summed E-state index contributed by atoms with van der Waals surface area (Å²) in [6.45, 7) is 2.22. The molecule has 0 radical (unpaired) electrons. The van der Waals surface area contributed by atoms with E-state index in [4.69, 9.17) is 10.5 Å². The van der Waals surface area contributed by atoms with Crippen molar-refractivity contribution in [1.29, 1.82) is 0 Å². The summed E-state index contributed by atoms with van der Waals surface area (Å²) in [7, 11) is 1.66. The monoisotopic (exact) mass is 274 g/mol. The summed E-state index contributed by atoms with van der Waals surface area (Å²) < 4.78 is 5.12. The fourth-order valence-corrected chi connectivity index (χ4v) is 3.62. The van der Waals surface area contributed by atoms with Crippen molar-refractivity contribution in [2.45, 2.75) is 25.5 Å². The van der Waals surface area contributed by atoms with Crippen molar-refractivity contribution in [2.24, 2.45) is 17.6 Å². The second-order valence-electron chi connectivity index (χ2n) is 6.01. The molecule has 0 bridgehead atoms. The first-order valence-corrected chi connectivity index (χ1v) is 7.32. The van der Waals surface area contributed by atoms with E-state index in [0.717, 1.165) is 30.6 Å². The molecule has 2 N–H and O–H groups in total. The normalized spacial score (nSPS) is 28.7. The number of ether oxygens (including phenoxy) is 1. The van der Waals surface area contributed by atoms with Crippen molar-refractivity contribution in [3.8, 4) is 0 Å². The zero-order valence-electron chi connectivity index (χ0n) is 11.9. The summed E-state index contributed by atoms with van der Waals surface area (Å²) in [5, 5.41) is 0. The van der Waals surface area contributed by atoms with Gasteiger partial charge in [-0.1, -0.05) is 12.1 Å². The van der Waals surface area contributed by atoms with Gasteiger partial charge in [0.05, 0.1) is 6.61 Å². The van der Waals surface area contributed by atoms with Gasteiger partial charge in [0, 0.05) is 31.8 Å². The van der Waals surface area contributed by atoms with Gasteiger partial charge in [0.2, 0.25) is 0 Å². The van der Waals surface area contributed by atoms with Crippen molar-refractivity contribution in [2.75, 3.05) is 20.2 Å². The molecule has 0 spiro atoms. The smallest absolute Gasteiger partial charge is 0.253 e. The van der Waals surface area contributed by atoms with E-state index in [1.54, 1.807) is 7.11 Å². The van der Waals surface area contributed by atoms with Crippen LogP contribution in [0.5, 0.6) is 0 Å². The molecule has 3 rings (SSSR count). The predicted molar refractivity (Wildman–Crippen MR) is 77.2 cm³/mol. The lowest BCUT2D eigenvalue weighted by Crippen LogP contribution is -2.33. The van der Waals surface area contributed by atoms with Gasteiger partial charge in [0.15, 0.2) is 0 Å². The Labute approximate surface area is 119 Å². The number of hydrogen-bond acceptors (Lipinski definition) is 3. The number of hydrogen-bond donors (Lipinski definition) is 1. The highest BCUT2D eigenvalue weighted by Gasteiger charge is 2.42. The Morgan fingerprint density at radius 1 is 1.40 bits per heavy atom. The molecule has 0 aromatic heterocycles. The predicted octanol–water partition coefficient (Wildman–Crippen LogP) is 1.64. The van der Waals surface area contributed by atoms with Gasteiger partial charge in [-0.2, -0.15) is 0 Å². The number of carbonyl (C=O) groups excluding carboxylic acids is 1. The van der Waals surface area contributed by atoms with Crippen molar-refractivity contribution in [3.63, 3.8) is 0 Å². The third-order valence-corrected chi connectivity index (χ3v) is 4.68. The molecule has 1 aromatic carbocycles. The average molecular weight is 274 g/mol. The number of methoxy groups -OCH3 is 1. The lowest BCUT2D eigenvalue weighted by molar-refractivity contribution is 0.0779. The Hall–Kier alpha value is -1.39. The van der Waals surface area contributed by atoms with Crippen molar-refractivity contribution in [1.82, 2.24) is 4.90 Å². The number of nitrogens with zero attached hydrogens (tertiary/aromatic N) is 1. The molecule has 1 aliphatic carbocycles. The maximum atomic E-state index is 12.6. The van der Waals surface area contributed by atoms with Crippen molar-refractivity contribution in [3.05, 3.63) is 35.4 Å². The van der Waals surface area contributed by atoms with Crippen LogP contribution in [0.4, 0.5) is 0 Å². The molecule has 1 heterocycles. The molecule has 3 atom stereocenters. The Morgan fingerprint density at radius 3 is 3.00 bits per heavy atom. The van der Waals surface area contributed by atoms with Crippen LogP contribution in [-0.2, 0) is 11.3 Å². The zero-order valence-corrected chi connectivity index (χ0v) is 11.9. The Kier molecular flexibility index (Phi) is 3.76. The molecule has 1 aromatic rings. The van der Waals surface area contributed by atoms with Gasteiger partial charge >= 0.3 is 0 Å². The number of likely N-dealkylation sites (tertiary alicyclic amines) is 1. The lowest BCUT2D eigenvalue weighted by Gasteiger charge is -2.19. The van der Waals surface area contributed by atoms with Gasteiger partial charge in [0.25, 0.3) is 5.91 Å². The fourth-order valence-electron chi connectivity index (χ4n) is 3.62. The molecule has 108 valence electrons. The fraction of sp³-hybridized carbons (Fsp3) is 0.562. The third kappa shape index (κ3) is 2.45. The van der Waals surface area contributed by atoms with Crippen LogP contribution >= 0.6 is 0 Å². The number of nitrogens with two attached hydrogens (primary N) is 1. The largest absolute Gasteiger partial charge is 0.380 e. The molecule has 4 heteroatoms. The maximum absolute atomic E-state index is 12.6. The number of carbonyl (C=O) groups is 1. The van der Waals surface area contributed by atoms with E-state index in [1.807, 2.05) is 29.2 Å². The number of amides is 1.